The molecule has 1 radical (unpaired) electrons. The molecule has 1 aliphatic carbocycles. The number of rotatable bonds is 7. The number of oxime groups is 1. The molecule has 0 aromatic heterocycles. The van der Waals surface area contributed by atoms with Crippen LogP contribution in [0.25, 0.3) is 0 Å². The Hall–Kier alpha value is -1.17. The maximum atomic E-state index is 12.8. The second-order valence-electron chi connectivity index (χ2n) is 5.77. The normalized spacial score (nSPS) is 20.3. The molecule has 0 spiro atoms. The smallest absolute Gasteiger partial charge is 0.198 e. The molecule has 0 saturated heterocycles. The second kappa shape index (κ2) is 9.97. The van der Waals surface area contributed by atoms with Crippen LogP contribution in [0.3, 0.4) is 0 Å². The predicted molar refractivity (Wildman–Crippen MR) is 92.7 cm³/mol. The van der Waals surface area contributed by atoms with Crippen LogP contribution in [-0.2, 0) is 19.2 Å². The first-order valence-corrected chi connectivity index (χ1v) is 7.43. The van der Waals surface area contributed by atoms with Crippen molar-refractivity contribution in [2.24, 2.45) is 10.6 Å². The van der Waals surface area contributed by atoms with E-state index in [0.29, 0.717) is 12.8 Å². The summed E-state index contributed by atoms with van der Waals surface area (Å²) in [6.07, 6.45) is 1.69. The van der Waals surface area contributed by atoms with Gasteiger partial charge in [0.2, 0.25) is 0 Å². The Morgan fingerprint density at radius 1 is 1.50 bits per heavy atom. The summed E-state index contributed by atoms with van der Waals surface area (Å²) in [6, 6.07) is 0. The van der Waals surface area contributed by atoms with Gasteiger partial charge in [-0.25, -0.2) is 4.79 Å². The minimum atomic E-state index is -0.986. The quantitative estimate of drug-likeness (QED) is 0.191. The van der Waals surface area contributed by atoms with Gasteiger partial charge < -0.3 is 14.7 Å². The average molecular weight is 344 g/mol. The van der Waals surface area contributed by atoms with Gasteiger partial charge in [-0.3, -0.25) is 4.79 Å². The molecular formula is C17H23NNaO5. The fourth-order valence-electron chi connectivity index (χ4n) is 2.62. The van der Waals surface area contributed by atoms with Crippen LogP contribution in [0.1, 0.15) is 33.6 Å². The van der Waals surface area contributed by atoms with Crippen molar-refractivity contribution < 1.29 is 24.3 Å². The number of ether oxygens (including phenoxy) is 1. The number of carbonyl (C=O) groups is 1. The van der Waals surface area contributed by atoms with E-state index in [-0.39, 0.29) is 53.0 Å². The third kappa shape index (κ3) is 4.47. The number of Topliss-reactive ketones (excluding diaryl/α,β-unsaturated/α-hetero) is 1. The zero-order valence-corrected chi connectivity index (χ0v) is 17.0. The Bertz CT molecular complexity index is 600. The van der Waals surface area contributed by atoms with Crippen molar-refractivity contribution in [3.8, 4) is 0 Å². The molecule has 0 aromatic carbocycles. The molecule has 1 unspecified atom stereocenters. The van der Waals surface area contributed by atoms with Crippen molar-refractivity contribution >= 4 is 47.0 Å². The van der Waals surface area contributed by atoms with E-state index in [1.54, 1.807) is 19.8 Å². The molecule has 6 nitrogen and oxygen atoms in total. The summed E-state index contributed by atoms with van der Waals surface area (Å²) in [5, 5.41) is 14.4. The summed E-state index contributed by atoms with van der Waals surface area (Å²) in [5.74, 6) is 0.905. The summed E-state index contributed by atoms with van der Waals surface area (Å²) >= 11 is 0. The number of methoxy groups -OCH3 is 1. The molecule has 1 atom stereocenters. The average Bonchev–Trinajstić information content (AvgIpc) is 2.47. The summed E-state index contributed by atoms with van der Waals surface area (Å²) in [6.45, 7) is 8.89. The molecule has 0 aliphatic heterocycles. The van der Waals surface area contributed by atoms with E-state index < -0.39 is 23.1 Å². The second-order valence-corrected chi connectivity index (χ2v) is 5.77. The van der Waals surface area contributed by atoms with Crippen molar-refractivity contribution in [2.75, 3.05) is 13.7 Å². The van der Waals surface area contributed by atoms with E-state index in [0.717, 1.165) is 0 Å². The number of hydrogen-bond donors (Lipinski definition) is 1. The van der Waals surface area contributed by atoms with Crippen molar-refractivity contribution in [1.29, 1.82) is 0 Å². The summed E-state index contributed by atoms with van der Waals surface area (Å²) in [5.41, 5.74) is -0.755. The minimum Gasteiger partial charge on any atom is -0.506 e. The third-order valence-electron chi connectivity index (χ3n) is 3.74. The Morgan fingerprint density at radius 3 is 2.58 bits per heavy atom. The van der Waals surface area contributed by atoms with E-state index >= 15 is 0 Å². The standard InChI is InChI=1S/C17H23NO5.Na/c1-6-8-12(18-23-9-7-2)13-14(20)11(10-19)17(3,4)16(22-5)15(13)21;/h7,16,20H,2,6,8-9H2,1,3-5H3;. The van der Waals surface area contributed by atoms with E-state index in [9.17, 15) is 14.7 Å². The molecule has 127 valence electrons. The Labute approximate surface area is 164 Å². The van der Waals surface area contributed by atoms with Crippen LogP contribution in [0, 0.1) is 5.41 Å². The predicted octanol–water partition coefficient (Wildman–Crippen LogP) is 2.16. The topological polar surface area (TPSA) is 85.2 Å². The maximum absolute atomic E-state index is 12.8. The molecule has 1 N–H and O–H groups in total. The third-order valence-corrected chi connectivity index (χ3v) is 3.74. The molecule has 24 heavy (non-hydrogen) atoms. The van der Waals surface area contributed by atoms with E-state index in [1.807, 2.05) is 6.92 Å². The molecular weight excluding hydrogens is 321 g/mol. The van der Waals surface area contributed by atoms with Gasteiger partial charge in [-0.1, -0.05) is 45.0 Å². The van der Waals surface area contributed by atoms with Gasteiger partial charge in [0.25, 0.3) is 0 Å². The molecule has 0 fully saturated rings. The van der Waals surface area contributed by atoms with E-state index in [1.165, 1.54) is 13.2 Å². The number of nitrogens with zero attached hydrogens (tertiary/aromatic N) is 1. The number of carbonyl (C=O) groups excluding carboxylic acids is 2. The van der Waals surface area contributed by atoms with Crippen molar-refractivity contribution in [3.05, 3.63) is 29.6 Å². The van der Waals surface area contributed by atoms with Gasteiger partial charge >= 0.3 is 0 Å². The summed E-state index contributed by atoms with van der Waals surface area (Å²) in [7, 11) is 1.39. The van der Waals surface area contributed by atoms with E-state index in [2.05, 4.69) is 11.7 Å². The zero-order valence-electron chi connectivity index (χ0n) is 15.0. The first-order valence-electron chi connectivity index (χ1n) is 7.43. The van der Waals surface area contributed by atoms with Gasteiger partial charge in [0.1, 0.15) is 24.4 Å². The zero-order chi connectivity index (χ0) is 17.6. The van der Waals surface area contributed by atoms with Crippen LogP contribution in [-0.4, -0.2) is 71.9 Å². The molecule has 0 aromatic rings. The molecule has 0 bridgehead atoms. The van der Waals surface area contributed by atoms with Crippen molar-refractivity contribution in [3.63, 3.8) is 0 Å². The van der Waals surface area contributed by atoms with Crippen molar-refractivity contribution in [1.82, 2.24) is 0 Å². The number of aliphatic hydroxyl groups excluding tert-OH is 1. The molecule has 1 rings (SSSR count). The SMILES string of the molecule is C=CCON=C(CCC)C1=C(O)C(=C=O)C(C)(C)C(OC)C1=O.[Na]. The fourth-order valence-corrected chi connectivity index (χ4v) is 2.62. The first kappa shape index (κ1) is 22.8. The number of hydrogen-bond acceptors (Lipinski definition) is 6. The van der Waals surface area contributed by atoms with E-state index in [4.69, 9.17) is 9.57 Å². The van der Waals surface area contributed by atoms with Crippen LogP contribution in [0.2, 0.25) is 0 Å². The van der Waals surface area contributed by atoms with Gasteiger partial charge in [0.15, 0.2) is 5.78 Å². The van der Waals surface area contributed by atoms with Crippen LogP contribution in [0.4, 0.5) is 0 Å². The van der Waals surface area contributed by atoms with Gasteiger partial charge in [-0.2, -0.15) is 0 Å². The first-order chi connectivity index (χ1) is 10.9. The minimum absolute atomic E-state index is 0. The van der Waals surface area contributed by atoms with Crippen molar-refractivity contribution in [2.45, 2.75) is 39.7 Å². The molecule has 0 saturated carbocycles. The van der Waals surface area contributed by atoms with Gasteiger partial charge in [0.05, 0.1) is 16.9 Å². The summed E-state index contributed by atoms with van der Waals surface area (Å²) < 4.78 is 5.28. The number of allylic oxidation sites excluding steroid dienone is 1. The fraction of sp³-hybridized carbons (Fsp3) is 0.529. The monoisotopic (exact) mass is 344 g/mol. The molecule has 0 heterocycles. The van der Waals surface area contributed by atoms with Crippen LogP contribution < -0.4 is 0 Å². The molecule has 1 aliphatic rings. The largest absolute Gasteiger partial charge is 0.506 e. The maximum Gasteiger partial charge on any atom is 0.198 e. The number of ketones is 1. The van der Waals surface area contributed by atoms with Gasteiger partial charge in [-0.05, 0) is 6.42 Å². The van der Waals surface area contributed by atoms with Crippen LogP contribution in [0.15, 0.2) is 34.7 Å². The Morgan fingerprint density at radius 2 is 2.12 bits per heavy atom. The van der Waals surface area contributed by atoms with Gasteiger partial charge in [-0.15, -0.1) is 0 Å². The Kier molecular flexibility index (Phi) is 9.48. The summed E-state index contributed by atoms with van der Waals surface area (Å²) in [4.78, 5) is 29.1. The number of aliphatic hydroxyl groups is 1. The van der Waals surface area contributed by atoms with Gasteiger partial charge in [0, 0.05) is 42.1 Å². The van der Waals surface area contributed by atoms with Crippen LogP contribution in [0.5, 0.6) is 0 Å². The molecule has 0 amide bonds. The van der Waals surface area contributed by atoms with Crippen LogP contribution >= 0.6 is 0 Å². The molecule has 7 heteroatoms. The Balaban J connectivity index is 0.00000529.